The molecule has 2 amide bonds. The number of nitrogens with zero attached hydrogens (tertiary/aromatic N) is 1. The molecule has 0 saturated carbocycles. The van der Waals surface area contributed by atoms with Crippen LogP contribution in [0.2, 0.25) is 15.1 Å². The lowest BCUT2D eigenvalue weighted by Crippen LogP contribution is -2.51. The van der Waals surface area contributed by atoms with E-state index in [9.17, 15) is 9.59 Å². The molecule has 7 heteroatoms. The fourth-order valence-corrected chi connectivity index (χ4v) is 3.77. The highest BCUT2D eigenvalue weighted by Gasteiger charge is 2.30. The summed E-state index contributed by atoms with van der Waals surface area (Å²) >= 11 is 18.6. The predicted octanol–water partition coefficient (Wildman–Crippen LogP) is 5.91. The van der Waals surface area contributed by atoms with Crippen LogP contribution in [0.1, 0.15) is 44.7 Å². The molecule has 0 unspecified atom stereocenters. The van der Waals surface area contributed by atoms with Crippen LogP contribution in [0.25, 0.3) is 0 Å². The lowest BCUT2D eigenvalue weighted by Gasteiger charge is -2.32. The van der Waals surface area contributed by atoms with Crippen LogP contribution in [0.3, 0.4) is 0 Å². The van der Waals surface area contributed by atoms with Crippen LogP contribution in [-0.2, 0) is 22.6 Å². The number of carbonyl (C=O) groups excluding carboxylic acids is 2. The van der Waals surface area contributed by atoms with Crippen LogP contribution < -0.4 is 5.32 Å². The molecule has 0 fully saturated rings. The Bertz CT molecular complexity index is 889. The third-order valence-electron chi connectivity index (χ3n) is 5.04. The molecular weight excluding hydrogens is 443 g/mol. The Morgan fingerprint density at radius 2 is 1.67 bits per heavy atom. The fourth-order valence-electron chi connectivity index (χ4n) is 3.10. The number of amides is 2. The van der Waals surface area contributed by atoms with Gasteiger partial charge in [0.1, 0.15) is 6.04 Å². The Morgan fingerprint density at radius 3 is 2.27 bits per heavy atom. The van der Waals surface area contributed by atoms with Gasteiger partial charge in [0, 0.05) is 27.7 Å². The molecule has 1 N–H and O–H groups in total. The molecule has 0 radical (unpaired) electrons. The van der Waals surface area contributed by atoms with Crippen LogP contribution in [0.4, 0.5) is 0 Å². The Kier molecular flexibility index (Phi) is 9.47. The molecule has 0 spiro atoms. The van der Waals surface area contributed by atoms with Crippen molar-refractivity contribution in [2.24, 2.45) is 0 Å². The highest BCUT2D eigenvalue weighted by atomic mass is 35.5. The summed E-state index contributed by atoms with van der Waals surface area (Å²) < 4.78 is 0. The monoisotopic (exact) mass is 468 g/mol. The standard InChI is InChI=1S/C23H27Cl3N2O2/c1-4-15(3)27-23(30)21(5-2)28(14-17-8-6-7-9-19(17)25)22(29)12-16-10-11-18(24)13-20(16)26/h6-11,13,15,21H,4-5,12,14H2,1-3H3,(H,27,30)/t15-,21+/m0/s1. The van der Waals surface area contributed by atoms with Crippen molar-refractivity contribution in [1.29, 1.82) is 0 Å². The van der Waals surface area contributed by atoms with Gasteiger partial charge in [-0.25, -0.2) is 0 Å². The summed E-state index contributed by atoms with van der Waals surface area (Å²) in [5, 5.41) is 4.47. The van der Waals surface area contributed by atoms with Gasteiger partial charge in [0.25, 0.3) is 0 Å². The first kappa shape index (κ1) is 24.5. The van der Waals surface area contributed by atoms with E-state index < -0.39 is 6.04 Å². The molecule has 0 aliphatic heterocycles. The minimum absolute atomic E-state index is 0.0227. The fraction of sp³-hybridized carbons (Fsp3) is 0.391. The number of hydrogen-bond donors (Lipinski definition) is 1. The van der Waals surface area contributed by atoms with E-state index in [1.54, 1.807) is 29.2 Å². The number of rotatable bonds is 9. The molecule has 0 bridgehead atoms. The molecular formula is C23H27Cl3N2O2. The van der Waals surface area contributed by atoms with Gasteiger partial charge in [-0.05, 0) is 49.1 Å². The molecule has 2 aromatic carbocycles. The van der Waals surface area contributed by atoms with Crippen LogP contribution in [0.5, 0.6) is 0 Å². The second kappa shape index (κ2) is 11.6. The lowest BCUT2D eigenvalue weighted by atomic mass is 10.1. The maximum absolute atomic E-state index is 13.3. The second-order valence-corrected chi connectivity index (χ2v) is 8.52. The summed E-state index contributed by atoms with van der Waals surface area (Å²) in [7, 11) is 0. The molecule has 2 aromatic rings. The van der Waals surface area contributed by atoms with Gasteiger partial charge >= 0.3 is 0 Å². The summed E-state index contributed by atoms with van der Waals surface area (Å²) in [5.41, 5.74) is 1.44. The van der Waals surface area contributed by atoms with Crippen LogP contribution >= 0.6 is 34.8 Å². The molecule has 0 saturated heterocycles. The largest absolute Gasteiger partial charge is 0.352 e. The first-order valence-corrected chi connectivity index (χ1v) is 11.2. The highest BCUT2D eigenvalue weighted by Crippen LogP contribution is 2.24. The third-order valence-corrected chi connectivity index (χ3v) is 6.00. The molecule has 30 heavy (non-hydrogen) atoms. The van der Waals surface area contributed by atoms with E-state index in [4.69, 9.17) is 34.8 Å². The van der Waals surface area contributed by atoms with Gasteiger partial charge in [-0.15, -0.1) is 0 Å². The molecule has 0 heterocycles. The van der Waals surface area contributed by atoms with Crippen LogP contribution in [0.15, 0.2) is 42.5 Å². The summed E-state index contributed by atoms with van der Waals surface area (Å²) in [6, 6.07) is 11.8. The van der Waals surface area contributed by atoms with Gasteiger partial charge in [-0.2, -0.15) is 0 Å². The average molecular weight is 470 g/mol. The smallest absolute Gasteiger partial charge is 0.243 e. The summed E-state index contributed by atoms with van der Waals surface area (Å²) in [5.74, 6) is -0.375. The van der Waals surface area contributed by atoms with Gasteiger partial charge in [-0.1, -0.05) is 72.9 Å². The van der Waals surface area contributed by atoms with Crippen molar-refractivity contribution in [1.82, 2.24) is 10.2 Å². The van der Waals surface area contributed by atoms with Crippen molar-refractivity contribution >= 4 is 46.6 Å². The van der Waals surface area contributed by atoms with Crippen molar-refractivity contribution in [2.45, 2.75) is 58.7 Å². The maximum atomic E-state index is 13.3. The van der Waals surface area contributed by atoms with Gasteiger partial charge in [0.2, 0.25) is 11.8 Å². The normalized spacial score (nSPS) is 12.9. The number of nitrogens with one attached hydrogen (secondary N) is 1. The zero-order chi connectivity index (χ0) is 22.3. The van der Waals surface area contributed by atoms with E-state index in [0.29, 0.717) is 27.1 Å². The van der Waals surface area contributed by atoms with E-state index in [1.807, 2.05) is 39.0 Å². The SMILES string of the molecule is CC[C@H](C(=O)N[C@@H](C)CC)N(Cc1ccccc1Cl)C(=O)Cc1ccc(Cl)cc1Cl. The third kappa shape index (κ3) is 6.63. The Balaban J connectivity index is 2.34. The molecule has 2 atom stereocenters. The summed E-state index contributed by atoms with van der Waals surface area (Å²) in [6.45, 7) is 6.07. The zero-order valence-electron chi connectivity index (χ0n) is 17.4. The zero-order valence-corrected chi connectivity index (χ0v) is 19.7. The van der Waals surface area contributed by atoms with Gasteiger partial charge < -0.3 is 10.2 Å². The van der Waals surface area contributed by atoms with Crippen LogP contribution in [-0.4, -0.2) is 28.8 Å². The first-order chi connectivity index (χ1) is 14.3. The van der Waals surface area contributed by atoms with Crippen molar-refractivity contribution < 1.29 is 9.59 Å². The Hall–Kier alpha value is -1.75. The minimum atomic E-state index is -0.617. The number of halogens is 3. The summed E-state index contributed by atoms with van der Waals surface area (Å²) in [6.07, 6.45) is 1.35. The number of benzene rings is 2. The molecule has 4 nitrogen and oxygen atoms in total. The quantitative estimate of drug-likeness (QED) is 0.496. The maximum Gasteiger partial charge on any atom is 0.243 e. The van der Waals surface area contributed by atoms with Crippen LogP contribution in [0, 0.1) is 0 Å². The molecule has 162 valence electrons. The molecule has 0 aliphatic rings. The molecule has 2 rings (SSSR count). The van der Waals surface area contributed by atoms with E-state index in [1.165, 1.54) is 0 Å². The van der Waals surface area contributed by atoms with Crippen molar-refractivity contribution in [3.05, 3.63) is 68.7 Å². The first-order valence-electron chi connectivity index (χ1n) is 10.0. The van der Waals surface area contributed by atoms with Crippen molar-refractivity contribution in [2.75, 3.05) is 0 Å². The van der Waals surface area contributed by atoms with E-state index in [-0.39, 0.29) is 30.8 Å². The Morgan fingerprint density at radius 1 is 0.967 bits per heavy atom. The predicted molar refractivity (Wildman–Crippen MR) is 124 cm³/mol. The van der Waals surface area contributed by atoms with Crippen molar-refractivity contribution in [3.8, 4) is 0 Å². The van der Waals surface area contributed by atoms with E-state index in [2.05, 4.69) is 5.32 Å². The van der Waals surface area contributed by atoms with Gasteiger partial charge in [0.05, 0.1) is 6.42 Å². The van der Waals surface area contributed by atoms with E-state index in [0.717, 1.165) is 12.0 Å². The molecule has 0 aromatic heterocycles. The topological polar surface area (TPSA) is 49.4 Å². The Labute approximate surface area is 193 Å². The number of hydrogen-bond acceptors (Lipinski definition) is 2. The highest BCUT2D eigenvalue weighted by molar-refractivity contribution is 6.35. The number of carbonyl (C=O) groups is 2. The summed E-state index contributed by atoms with van der Waals surface area (Å²) in [4.78, 5) is 27.9. The lowest BCUT2D eigenvalue weighted by molar-refractivity contribution is -0.141. The van der Waals surface area contributed by atoms with Gasteiger partial charge in [-0.3, -0.25) is 9.59 Å². The van der Waals surface area contributed by atoms with E-state index >= 15 is 0 Å². The van der Waals surface area contributed by atoms with Gasteiger partial charge in [0.15, 0.2) is 0 Å². The van der Waals surface area contributed by atoms with Crippen molar-refractivity contribution in [3.63, 3.8) is 0 Å². The minimum Gasteiger partial charge on any atom is -0.352 e. The average Bonchev–Trinajstić information content (AvgIpc) is 2.71. The second-order valence-electron chi connectivity index (χ2n) is 7.27. The molecule has 0 aliphatic carbocycles.